The van der Waals surface area contributed by atoms with E-state index in [4.69, 9.17) is 9.47 Å². The molecule has 1 unspecified atom stereocenters. The molecule has 2 amide bonds. The van der Waals surface area contributed by atoms with Gasteiger partial charge in [-0.05, 0) is 58.8 Å². The van der Waals surface area contributed by atoms with Crippen LogP contribution in [0.2, 0.25) is 0 Å². The summed E-state index contributed by atoms with van der Waals surface area (Å²) in [5, 5.41) is 3.25. The van der Waals surface area contributed by atoms with E-state index in [-0.39, 0.29) is 22.2 Å². The quantitative estimate of drug-likeness (QED) is 0.489. The Bertz CT molecular complexity index is 600. The Morgan fingerprint density at radius 1 is 0.900 bits per heavy atom. The molecule has 1 N–H and O–H groups in total. The van der Waals surface area contributed by atoms with E-state index < -0.39 is 0 Å². The largest absolute Gasteiger partial charge is 0.382 e. The molecular weight excluding hydrogens is 380 g/mol. The highest BCUT2D eigenvalue weighted by Crippen LogP contribution is 2.47. The third-order valence-corrected chi connectivity index (χ3v) is 7.94. The Hall–Kier alpha value is -1.14. The lowest BCUT2D eigenvalue weighted by Gasteiger charge is -2.43. The molecule has 6 nitrogen and oxygen atoms in total. The van der Waals surface area contributed by atoms with E-state index in [1.54, 1.807) is 0 Å². The zero-order chi connectivity index (χ0) is 21.7. The number of amides is 2. The summed E-state index contributed by atoms with van der Waals surface area (Å²) in [6.45, 7) is 11.1. The molecule has 3 rings (SSSR count). The van der Waals surface area contributed by atoms with Crippen molar-refractivity contribution in [3.63, 3.8) is 0 Å². The monoisotopic (exact) mass is 422 g/mol. The van der Waals surface area contributed by atoms with Crippen molar-refractivity contribution in [2.45, 2.75) is 78.6 Å². The first kappa shape index (κ1) is 23.5. The van der Waals surface area contributed by atoms with E-state index >= 15 is 0 Å². The zero-order valence-electron chi connectivity index (χ0n) is 19.4. The third-order valence-electron chi connectivity index (χ3n) is 7.94. The fourth-order valence-electron chi connectivity index (χ4n) is 5.35. The van der Waals surface area contributed by atoms with Crippen LogP contribution in [0.15, 0.2) is 0 Å². The Balaban J connectivity index is 1.50. The van der Waals surface area contributed by atoms with Crippen molar-refractivity contribution in [1.82, 2.24) is 10.2 Å². The van der Waals surface area contributed by atoms with Gasteiger partial charge in [-0.2, -0.15) is 0 Å². The minimum atomic E-state index is -0.227. The molecule has 3 aliphatic rings. The average Bonchev–Trinajstić information content (AvgIpc) is 3.06. The zero-order valence-corrected chi connectivity index (χ0v) is 19.4. The number of hydrogen-bond acceptors (Lipinski definition) is 4. The molecule has 0 bridgehead atoms. The van der Waals surface area contributed by atoms with Crippen LogP contribution in [-0.4, -0.2) is 62.8 Å². The maximum absolute atomic E-state index is 13.3. The van der Waals surface area contributed by atoms with Crippen molar-refractivity contribution >= 4 is 11.8 Å². The smallest absolute Gasteiger partial charge is 0.228 e. The molecule has 1 saturated heterocycles. The van der Waals surface area contributed by atoms with Crippen LogP contribution in [0.4, 0.5) is 0 Å². The van der Waals surface area contributed by atoms with Gasteiger partial charge in [-0.25, -0.2) is 0 Å². The van der Waals surface area contributed by atoms with E-state index in [2.05, 4.69) is 17.1 Å². The lowest BCUT2D eigenvalue weighted by Crippen LogP contribution is -2.50. The summed E-state index contributed by atoms with van der Waals surface area (Å²) in [7, 11) is 0. The van der Waals surface area contributed by atoms with Gasteiger partial charge in [0.05, 0.1) is 10.8 Å². The van der Waals surface area contributed by atoms with Gasteiger partial charge in [-0.3, -0.25) is 9.59 Å². The molecule has 3 fully saturated rings. The number of hydrogen-bond donors (Lipinski definition) is 1. The van der Waals surface area contributed by atoms with E-state index in [0.717, 1.165) is 70.9 Å². The lowest BCUT2D eigenvalue weighted by atomic mass is 9.65. The van der Waals surface area contributed by atoms with Crippen molar-refractivity contribution in [3.05, 3.63) is 0 Å². The number of likely N-dealkylation sites (tertiary alicyclic amines) is 1. The Kier molecular flexibility index (Phi) is 7.83. The molecule has 30 heavy (non-hydrogen) atoms. The van der Waals surface area contributed by atoms with Crippen LogP contribution in [-0.2, 0) is 19.1 Å². The number of carbonyl (C=O) groups excluding carboxylic acids is 2. The molecule has 172 valence electrons. The maximum atomic E-state index is 13.3. The fraction of sp³-hybridized carbons (Fsp3) is 0.917. The first-order valence-electron chi connectivity index (χ1n) is 12.1. The van der Waals surface area contributed by atoms with Gasteiger partial charge in [0, 0.05) is 51.5 Å². The van der Waals surface area contributed by atoms with Gasteiger partial charge in [0.1, 0.15) is 0 Å². The highest BCUT2D eigenvalue weighted by molar-refractivity contribution is 5.84. The van der Waals surface area contributed by atoms with Gasteiger partial charge in [0.15, 0.2) is 0 Å². The van der Waals surface area contributed by atoms with E-state index in [1.807, 2.05) is 13.8 Å². The molecule has 1 aliphatic heterocycles. The number of ether oxygens (including phenoxy) is 2. The predicted molar refractivity (Wildman–Crippen MR) is 117 cm³/mol. The Morgan fingerprint density at radius 3 is 1.97 bits per heavy atom. The van der Waals surface area contributed by atoms with Gasteiger partial charge in [-0.15, -0.1) is 0 Å². The second kappa shape index (κ2) is 9.99. The van der Waals surface area contributed by atoms with Crippen LogP contribution >= 0.6 is 0 Å². The standard InChI is InChI=1S/C24H42N2O4/c1-4-29-16-13-23(8-6-9-23)20(27)25-18-22(3)12-15-26(19-22)21(28)24(10-7-11-24)14-17-30-5-2/h4-19H2,1-3H3,(H,25,27). The van der Waals surface area contributed by atoms with Gasteiger partial charge >= 0.3 is 0 Å². The molecule has 1 atom stereocenters. The highest BCUT2D eigenvalue weighted by Gasteiger charge is 2.49. The van der Waals surface area contributed by atoms with E-state index in [9.17, 15) is 9.59 Å². The maximum Gasteiger partial charge on any atom is 0.228 e. The summed E-state index contributed by atoms with van der Waals surface area (Å²) in [6.07, 6.45) is 8.79. The molecule has 0 aromatic rings. The fourth-order valence-corrected chi connectivity index (χ4v) is 5.35. The minimum Gasteiger partial charge on any atom is -0.382 e. The molecule has 2 saturated carbocycles. The minimum absolute atomic E-state index is 0.0406. The van der Waals surface area contributed by atoms with Gasteiger partial charge < -0.3 is 19.7 Å². The van der Waals surface area contributed by atoms with Crippen molar-refractivity contribution in [3.8, 4) is 0 Å². The van der Waals surface area contributed by atoms with Crippen molar-refractivity contribution < 1.29 is 19.1 Å². The Labute approximate surface area is 182 Å². The predicted octanol–water partition coefficient (Wildman–Crippen LogP) is 3.54. The lowest BCUT2D eigenvalue weighted by molar-refractivity contribution is -0.148. The average molecular weight is 423 g/mol. The number of carbonyl (C=O) groups is 2. The topological polar surface area (TPSA) is 67.9 Å². The van der Waals surface area contributed by atoms with Crippen LogP contribution in [0.25, 0.3) is 0 Å². The molecule has 2 aliphatic carbocycles. The summed E-state index contributed by atoms with van der Waals surface area (Å²) < 4.78 is 11.0. The van der Waals surface area contributed by atoms with Crippen molar-refractivity contribution in [1.29, 1.82) is 0 Å². The second-order valence-corrected chi connectivity index (χ2v) is 10.1. The van der Waals surface area contributed by atoms with Crippen LogP contribution in [0.5, 0.6) is 0 Å². The second-order valence-electron chi connectivity index (χ2n) is 10.1. The molecule has 0 radical (unpaired) electrons. The van der Waals surface area contributed by atoms with Crippen LogP contribution in [0.3, 0.4) is 0 Å². The number of nitrogens with zero attached hydrogens (tertiary/aromatic N) is 1. The summed E-state index contributed by atoms with van der Waals surface area (Å²) in [6, 6.07) is 0. The van der Waals surface area contributed by atoms with Crippen LogP contribution < -0.4 is 5.32 Å². The third kappa shape index (κ3) is 5.01. The molecule has 1 heterocycles. The van der Waals surface area contributed by atoms with Gasteiger partial charge in [-0.1, -0.05) is 19.8 Å². The molecule has 0 aromatic heterocycles. The molecule has 6 heteroatoms. The molecule has 0 spiro atoms. The first-order valence-corrected chi connectivity index (χ1v) is 12.1. The van der Waals surface area contributed by atoms with Gasteiger partial charge in [0.25, 0.3) is 0 Å². The Morgan fingerprint density at radius 2 is 1.47 bits per heavy atom. The number of nitrogens with one attached hydrogen (secondary N) is 1. The SMILES string of the molecule is CCOCCC1(C(=O)NCC2(C)CCN(C(=O)C3(CCOCC)CCC3)C2)CCC1. The summed E-state index contributed by atoms with van der Waals surface area (Å²) in [5.74, 6) is 0.502. The number of rotatable bonds is 12. The first-order chi connectivity index (χ1) is 14.4. The van der Waals surface area contributed by atoms with Crippen LogP contribution in [0.1, 0.15) is 78.6 Å². The summed E-state index contributed by atoms with van der Waals surface area (Å²) in [5.41, 5.74) is -0.463. The van der Waals surface area contributed by atoms with Crippen molar-refractivity contribution in [2.24, 2.45) is 16.2 Å². The summed E-state index contributed by atoms with van der Waals surface area (Å²) >= 11 is 0. The van der Waals surface area contributed by atoms with E-state index in [0.29, 0.717) is 38.9 Å². The van der Waals surface area contributed by atoms with E-state index in [1.165, 1.54) is 0 Å². The van der Waals surface area contributed by atoms with Gasteiger partial charge in [0.2, 0.25) is 11.8 Å². The summed E-state index contributed by atoms with van der Waals surface area (Å²) in [4.78, 5) is 28.3. The molecule has 0 aromatic carbocycles. The van der Waals surface area contributed by atoms with Crippen LogP contribution in [0, 0.1) is 16.2 Å². The highest BCUT2D eigenvalue weighted by atomic mass is 16.5. The molecular formula is C24H42N2O4. The normalized spacial score (nSPS) is 26.7. The van der Waals surface area contributed by atoms with Crippen molar-refractivity contribution in [2.75, 3.05) is 46.1 Å².